The highest BCUT2D eigenvalue weighted by Gasteiger charge is 2.45. The summed E-state index contributed by atoms with van der Waals surface area (Å²) in [5.41, 5.74) is 1.40. The van der Waals surface area contributed by atoms with E-state index >= 15 is 0 Å². The number of hydrogen-bond acceptors (Lipinski definition) is 11. The van der Waals surface area contributed by atoms with Gasteiger partial charge in [0.2, 0.25) is 0 Å². The molecule has 6 N–H and O–H groups in total. The number of aromatic hydroxyl groups is 1. The minimum Gasteiger partial charge on any atom is -0.508 e. The van der Waals surface area contributed by atoms with Crippen molar-refractivity contribution in [1.29, 1.82) is 0 Å². The minimum absolute atomic E-state index is 0.0700. The molecule has 4 rings (SSSR count). The van der Waals surface area contributed by atoms with Crippen molar-refractivity contribution in [3.8, 4) is 11.5 Å². The van der Waals surface area contributed by atoms with Crippen LogP contribution in [0, 0.1) is 0 Å². The lowest BCUT2D eigenvalue weighted by atomic mass is 10.1. The molecule has 0 aliphatic carbocycles. The van der Waals surface area contributed by atoms with Crippen molar-refractivity contribution in [2.75, 3.05) is 19.0 Å². The van der Waals surface area contributed by atoms with Crippen LogP contribution in [0.3, 0.4) is 0 Å². The van der Waals surface area contributed by atoms with Gasteiger partial charge in [-0.05, 0) is 12.1 Å². The summed E-state index contributed by atoms with van der Waals surface area (Å²) in [4.78, 5) is 30.4. The van der Waals surface area contributed by atoms with Gasteiger partial charge >= 0.3 is 7.82 Å². The molecule has 0 spiro atoms. The van der Waals surface area contributed by atoms with Gasteiger partial charge in [-0.25, -0.2) is 19.5 Å². The third kappa shape index (κ3) is 4.91. The molecule has 1 aliphatic heterocycles. The monoisotopic (exact) mass is 483 g/mol. The van der Waals surface area contributed by atoms with Crippen LogP contribution in [0.4, 0.5) is 5.82 Å². The maximum atomic E-state index is 10.9. The SMILES string of the molecule is COc1cc(O)ccc1CNc1ncnc2c1ncn2[C@@H]1O[C@H](COP(=O)(O)O)[C@@H](O)[C@H]1O. The number of phenolic OH excluding ortho intramolecular Hbond substituents is 1. The second kappa shape index (κ2) is 9.19. The van der Waals surface area contributed by atoms with Gasteiger partial charge in [-0.1, -0.05) is 0 Å². The Labute approximate surface area is 186 Å². The third-order valence-corrected chi connectivity index (χ3v) is 5.58. The molecule has 4 atom stereocenters. The number of rotatable bonds is 8. The molecule has 1 saturated heterocycles. The number of phosphoric acid groups is 1. The van der Waals surface area contributed by atoms with E-state index in [1.807, 2.05) is 0 Å². The first-order valence-corrected chi connectivity index (χ1v) is 11.2. The van der Waals surface area contributed by atoms with Gasteiger partial charge in [0.1, 0.15) is 36.1 Å². The molecule has 1 aromatic carbocycles. The number of nitrogens with zero attached hydrogens (tertiary/aromatic N) is 4. The fourth-order valence-corrected chi connectivity index (χ4v) is 3.83. The standard InChI is InChI=1S/C18H22N5O9P/c1-30-11-4-10(24)3-2-9(11)5-19-16-13-17(21-7-20-16)23(8-22-13)18-15(26)14(25)12(32-18)6-31-33(27,28)29/h2-4,7-8,12,14-15,18,24-26H,5-6H2,1H3,(H,19,20,21)(H2,27,28,29)/t12-,14-,15-,18-/m1/s1. The quantitative estimate of drug-likeness (QED) is 0.232. The first-order valence-electron chi connectivity index (χ1n) is 9.67. The van der Waals surface area contributed by atoms with Crippen LogP contribution in [-0.2, 0) is 20.4 Å². The predicted molar refractivity (Wildman–Crippen MR) is 111 cm³/mol. The highest BCUT2D eigenvalue weighted by Crippen LogP contribution is 2.39. The van der Waals surface area contributed by atoms with Gasteiger partial charge in [0.25, 0.3) is 0 Å². The average Bonchev–Trinajstić information content (AvgIpc) is 3.32. The lowest BCUT2D eigenvalue weighted by Gasteiger charge is -2.16. The molecule has 178 valence electrons. The molecule has 1 aliphatic rings. The van der Waals surface area contributed by atoms with Gasteiger partial charge in [-0.15, -0.1) is 0 Å². The molecule has 14 nitrogen and oxygen atoms in total. The number of methoxy groups -OCH3 is 1. The Morgan fingerprint density at radius 1 is 1.21 bits per heavy atom. The van der Waals surface area contributed by atoms with Crippen molar-refractivity contribution in [1.82, 2.24) is 19.5 Å². The minimum atomic E-state index is -4.78. The smallest absolute Gasteiger partial charge is 0.469 e. The number of aliphatic hydroxyl groups is 2. The summed E-state index contributed by atoms with van der Waals surface area (Å²) < 4.78 is 27.6. The Bertz CT molecular complexity index is 1190. The molecule has 0 amide bonds. The molecular formula is C18H22N5O9P. The highest BCUT2D eigenvalue weighted by molar-refractivity contribution is 7.46. The Kier molecular flexibility index (Phi) is 6.50. The Morgan fingerprint density at radius 3 is 2.73 bits per heavy atom. The van der Waals surface area contributed by atoms with Crippen molar-refractivity contribution in [2.45, 2.75) is 31.1 Å². The van der Waals surface area contributed by atoms with E-state index in [4.69, 9.17) is 19.3 Å². The number of ether oxygens (including phenoxy) is 2. The van der Waals surface area contributed by atoms with Crippen LogP contribution in [0.25, 0.3) is 11.2 Å². The zero-order valence-electron chi connectivity index (χ0n) is 17.2. The van der Waals surface area contributed by atoms with Crippen molar-refractivity contribution in [3.05, 3.63) is 36.4 Å². The number of fused-ring (bicyclic) bond motifs is 1. The topological polar surface area (TPSA) is 202 Å². The van der Waals surface area contributed by atoms with Crippen molar-refractivity contribution in [3.63, 3.8) is 0 Å². The molecule has 0 unspecified atom stereocenters. The largest absolute Gasteiger partial charge is 0.508 e. The average molecular weight is 483 g/mol. The lowest BCUT2D eigenvalue weighted by Crippen LogP contribution is -2.33. The Morgan fingerprint density at radius 2 is 2.00 bits per heavy atom. The second-order valence-corrected chi connectivity index (χ2v) is 8.47. The maximum absolute atomic E-state index is 10.9. The predicted octanol–water partition coefficient (Wildman–Crippen LogP) is -0.119. The lowest BCUT2D eigenvalue weighted by molar-refractivity contribution is -0.0504. The normalized spacial score (nSPS) is 23.2. The second-order valence-electron chi connectivity index (χ2n) is 7.23. The molecule has 3 aromatic rings. The van der Waals surface area contributed by atoms with Gasteiger partial charge in [-0.2, -0.15) is 0 Å². The van der Waals surface area contributed by atoms with Crippen molar-refractivity contribution >= 4 is 24.8 Å². The molecule has 15 heteroatoms. The van der Waals surface area contributed by atoms with Crippen molar-refractivity contribution < 1.29 is 43.7 Å². The number of imidazole rings is 1. The molecule has 3 heterocycles. The van der Waals surface area contributed by atoms with E-state index < -0.39 is 39.0 Å². The van der Waals surface area contributed by atoms with Gasteiger partial charge in [0.05, 0.1) is 20.0 Å². The highest BCUT2D eigenvalue weighted by atomic mass is 31.2. The molecular weight excluding hydrogens is 461 g/mol. The summed E-state index contributed by atoms with van der Waals surface area (Å²) in [6.07, 6.45) is -2.57. The van der Waals surface area contributed by atoms with Crippen LogP contribution in [0.15, 0.2) is 30.9 Å². The van der Waals surface area contributed by atoms with Crippen molar-refractivity contribution in [2.24, 2.45) is 0 Å². The van der Waals surface area contributed by atoms with E-state index in [0.29, 0.717) is 23.6 Å². The summed E-state index contributed by atoms with van der Waals surface area (Å²) in [6, 6.07) is 4.71. The number of nitrogens with one attached hydrogen (secondary N) is 1. The summed E-state index contributed by atoms with van der Waals surface area (Å²) in [6.45, 7) is -0.326. The number of benzene rings is 1. The summed E-state index contributed by atoms with van der Waals surface area (Å²) in [7, 11) is -3.29. The van der Waals surface area contributed by atoms with Crippen LogP contribution >= 0.6 is 7.82 Å². The fraction of sp³-hybridized carbons (Fsp3) is 0.389. The van der Waals surface area contributed by atoms with Gasteiger partial charge in [-0.3, -0.25) is 9.09 Å². The molecule has 0 bridgehead atoms. The molecule has 33 heavy (non-hydrogen) atoms. The van der Waals surface area contributed by atoms with E-state index in [1.165, 1.54) is 36.5 Å². The van der Waals surface area contributed by atoms with Gasteiger partial charge < -0.3 is 39.9 Å². The number of aromatic nitrogens is 4. The summed E-state index contributed by atoms with van der Waals surface area (Å²) in [5, 5.41) is 33.4. The van der Waals surface area contributed by atoms with Crippen LogP contribution in [0.1, 0.15) is 11.8 Å². The van der Waals surface area contributed by atoms with E-state index in [2.05, 4.69) is 24.8 Å². The third-order valence-electron chi connectivity index (χ3n) is 5.09. The van der Waals surface area contributed by atoms with E-state index in [1.54, 1.807) is 6.07 Å². The fourth-order valence-electron chi connectivity index (χ4n) is 3.49. The summed E-state index contributed by atoms with van der Waals surface area (Å²) >= 11 is 0. The first-order chi connectivity index (χ1) is 15.7. The van der Waals surface area contributed by atoms with Crippen LogP contribution in [0.5, 0.6) is 11.5 Å². The van der Waals surface area contributed by atoms with Crippen LogP contribution in [0.2, 0.25) is 0 Å². The first kappa shape index (κ1) is 23.3. The summed E-state index contributed by atoms with van der Waals surface area (Å²) in [5.74, 6) is 0.933. The number of aliphatic hydroxyl groups excluding tert-OH is 2. The number of anilines is 1. The maximum Gasteiger partial charge on any atom is 0.469 e. The Hall–Kier alpha value is -2.84. The van der Waals surface area contributed by atoms with Crippen LogP contribution < -0.4 is 10.1 Å². The van der Waals surface area contributed by atoms with E-state index in [0.717, 1.165) is 5.56 Å². The zero-order valence-corrected chi connectivity index (χ0v) is 18.1. The van der Waals surface area contributed by atoms with E-state index in [-0.39, 0.29) is 11.4 Å². The van der Waals surface area contributed by atoms with Crippen LogP contribution in [-0.4, -0.2) is 76.7 Å². The molecule has 0 radical (unpaired) electrons. The molecule has 0 saturated carbocycles. The molecule has 1 fully saturated rings. The zero-order chi connectivity index (χ0) is 23.8. The molecule has 2 aromatic heterocycles. The van der Waals surface area contributed by atoms with Gasteiger partial charge in [0, 0.05) is 18.2 Å². The van der Waals surface area contributed by atoms with E-state index in [9.17, 15) is 19.9 Å². The van der Waals surface area contributed by atoms with Gasteiger partial charge in [0.15, 0.2) is 23.2 Å². The Balaban J connectivity index is 1.54. The number of phosphoric ester groups is 1. The number of hydrogen-bond donors (Lipinski definition) is 6. The number of phenols is 1.